The van der Waals surface area contributed by atoms with Crippen LogP contribution in [0.3, 0.4) is 0 Å². The van der Waals surface area contributed by atoms with E-state index in [1.807, 2.05) is 11.3 Å². The molecule has 0 radical (unpaired) electrons. The molecule has 276 valence electrons. The number of nitrogens with zero attached hydrogens (tertiary/aromatic N) is 4. The zero-order chi connectivity index (χ0) is 37.0. The largest absolute Gasteiger partial charge is 0.319 e. The number of anilines is 3. The third kappa shape index (κ3) is 6.13. The average Bonchev–Trinajstić information content (AvgIpc) is 3.76. The summed E-state index contributed by atoms with van der Waals surface area (Å²) in [7, 11) is -3.07. The predicted molar refractivity (Wildman–Crippen MR) is 227 cm³/mol. The fraction of sp³-hybridized carbons (Fsp3) is 0.146. The molecule has 2 aromatic heterocycles. The number of aromatic nitrogens is 2. The van der Waals surface area contributed by atoms with Crippen LogP contribution in [0.5, 0.6) is 0 Å². The van der Waals surface area contributed by atoms with Crippen molar-refractivity contribution in [3.05, 3.63) is 176 Å². The number of benzene rings is 6. The number of hydroxylamine groups is 1. The van der Waals surface area contributed by atoms with E-state index >= 15 is 0 Å². The molecule has 55 heavy (non-hydrogen) atoms. The molecule has 0 bridgehead atoms. The van der Waals surface area contributed by atoms with Crippen LogP contribution in [-0.4, -0.2) is 28.6 Å². The first-order chi connectivity index (χ1) is 26.2. The van der Waals surface area contributed by atoms with Gasteiger partial charge >= 0.3 is 0 Å². The van der Waals surface area contributed by atoms with Crippen LogP contribution in [0, 0.1) is 12.1 Å². The van der Waals surface area contributed by atoms with Gasteiger partial charge in [0.25, 0.3) is 0 Å². The van der Waals surface area contributed by atoms with E-state index in [9.17, 15) is 0 Å². The van der Waals surface area contributed by atoms with Gasteiger partial charge in [0, 0.05) is 38.5 Å². The minimum atomic E-state index is -3.07. The fourth-order valence-electron chi connectivity index (χ4n) is 8.05. The first kappa shape index (κ1) is 36.7. The average molecular weight is 915 g/mol. The van der Waals surface area contributed by atoms with Crippen LogP contribution < -0.4 is 30.9 Å². The Bertz CT molecular complexity index is 2590. The zero-order valence-electron chi connectivity index (χ0n) is 31.6. The summed E-state index contributed by atoms with van der Waals surface area (Å²) in [6.45, 7) is 11.1. The molecule has 0 fully saturated rings. The molecule has 0 saturated carbocycles. The molecule has 7 heteroatoms. The maximum atomic E-state index is 5.13. The van der Waals surface area contributed by atoms with Gasteiger partial charge in [0.05, 0.1) is 6.04 Å². The Morgan fingerprint density at radius 1 is 0.636 bits per heavy atom. The predicted octanol–water partition coefficient (Wildman–Crippen LogP) is 8.66. The van der Waals surface area contributed by atoms with E-state index in [1.165, 1.54) is 21.3 Å². The Hall–Kier alpha value is -5.26. The Labute approximate surface area is 339 Å². The first-order valence-electron chi connectivity index (χ1n) is 18.7. The van der Waals surface area contributed by atoms with E-state index in [0.717, 1.165) is 49.7 Å². The molecule has 1 aliphatic heterocycles. The third-order valence-corrected chi connectivity index (χ3v) is 15.3. The van der Waals surface area contributed by atoms with Crippen molar-refractivity contribution in [2.24, 2.45) is 0 Å². The van der Waals surface area contributed by atoms with Gasteiger partial charge in [-0.05, 0) is 70.9 Å². The van der Waals surface area contributed by atoms with Crippen LogP contribution in [-0.2, 0) is 26.5 Å². The van der Waals surface area contributed by atoms with E-state index in [4.69, 9.17) is 9.92 Å². The SMILES string of the molecule is CC(C)N1[OH+]N(c2[c-]c([Si](c3[c-]c4c(cc3)c3ccccc3n4-c3cc(C(C)(C)C)ccn3)(c3ccccc3)c3ccccc3)ccc2)c2ccccc21.[Pt]. The molecular weight excluding hydrogens is 872 g/mol. The molecule has 0 spiro atoms. The summed E-state index contributed by atoms with van der Waals surface area (Å²) in [5.74, 6) is 0.895. The van der Waals surface area contributed by atoms with Crippen LogP contribution in [0.4, 0.5) is 17.1 Å². The Balaban J connectivity index is 0.00000427. The number of hydrogen-bond acceptors (Lipinski definition) is 3. The van der Waals surface area contributed by atoms with Gasteiger partial charge in [0.1, 0.15) is 25.3 Å². The van der Waals surface area contributed by atoms with E-state index in [1.54, 1.807) is 0 Å². The molecule has 0 aliphatic carbocycles. The fourth-order valence-corrected chi connectivity index (χ4v) is 12.6. The van der Waals surface area contributed by atoms with Crippen molar-refractivity contribution in [1.82, 2.24) is 9.55 Å². The topological polar surface area (TPSA) is 37.1 Å². The molecule has 8 aromatic rings. The summed E-state index contributed by atoms with van der Waals surface area (Å²) < 4.78 is 2.30. The van der Waals surface area contributed by atoms with Gasteiger partial charge in [0.2, 0.25) is 0 Å². The molecule has 0 unspecified atom stereocenters. The molecule has 1 N–H and O–H groups in total. The maximum absolute atomic E-state index is 5.13. The Kier molecular flexibility index (Phi) is 9.63. The second-order valence-electron chi connectivity index (χ2n) is 15.4. The van der Waals surface area contributed by atoms with Gasteiger partial charge in [-0.1, -0.05) is 117 Å². The van der Waals surface area contributed by atoms with Crippen LogP contribution in [0.1, 0.15) is 40.2 Å². The van der Waals surface area contributed by atoms with Gasteiger partial charge in [0.15, 0.2) is 0 Å². The van der Waals surface area contributed by atoms with Gasteiger partial charge < -0.3 is 4.57 Å². The second kappa shape index (κ2) is 14.4. The normalized spacial score (nSPS) is 13.1. The number of rotatable bonds is 7. The minimum absolute atomic E-state index is 0. The number of pyridine rings is 1. The van der Waals surface area contributed by atoms with Gasteiger partial charge in [-0.15, -0.1) is 21.6 Å². The molecule has 0 amide bonds. The van der Waals surface area contributed by atoms with Crippen molar-refractivity contribution >= 4 is 67.7 Å². The summed E-state index contributed by atoms with van der Waals surface area (Å²) in [6.07, 6.45) is 1.94. The molecule has 3 heterocycles. The number of hydrogen-bond donors (Lipinski definition) is 0. The third-order valence-electron chi connectivity index (χ3n) is 10.7. The number of para-hydroxylation sites is 3. The maximum Gasteiger partial charge on any atom is 0.145 e. The summed E-state index contributed by atoms with van der Waals surface area (Å²) >= 11 is 0. The summed E-state index contributed by atoms with van der Waals surface area (Å²) in [5, 5.41) is 11.3. The van der Waals surface area contributed by atoms with E-state index in [-0.39, 0.29) is 32.5 Å². The van der Waals surface area contributed by atoms with E-state index in [0.29, 0.717) is 0 Å². The van der Waals surface area contributed by atoms with E-state index < -0.39 is 8.07 Å². The van der Waals surface area contributed by atoms with Gasteiger partial charge in [-0.3, -0.25) is 0 Å². The quantitative estimate of drug-likeness (QED) is 0.0696. The Morgan fingerprint density at radius 3 is 1.96 bits per heavy atom. The van der Waals surface area contributed by atoms with Crippen LogP contribution >= 0.6 is 0 Å². The molecule has 0 atom stereocenters. The smallest absolute Gasteiger partial charge is 0.145 e. The number of fused-ring (bicyclic) bond motifs is 4. The van der Waals surface area contributed by atoms with Crippen molar-refractivity contribution in [2.45, 2.75) is 46.1 Å². The minimum Gasteiger partial charge on any atom is -0.319 e. The van der Waals surface area contributed by atoms with Crippen molar-refractivity contribution in [2.75, 3.05) is 10.1 Å². The molecular formula is C48H43N4OPtSi-. The van der Waals surface area contributed by atoms with Crippen LogP contribution in [0.15, 0.2) is 158 Å². The monoisotopic (exact) mass is 914 g/mol. The van der Waals surface area contributed by atoms with Crippen molar-refractivity contribution in [3.8, 4) is 5.82 Å². The molecule has 1 aliphatic rings. The first-order valence-corrected chi connectivity index (χ1v) is 20.7. The second-order valence-corrected chi connectivity index (χ2v) is 19.1. The van der Waals surface area contributed by atoms with Gasteiger partial charge in [-0.25, -0.2) is 4.98 Å². The van der Waals surface area contributed by atoms with Crippen molar-refractivity contribution in [3.63, 3.8) is 0 Å². The van der Waals surface area contributed by atoms with Crippen LogP contribution in [0.2, 0.25) is 0 Å². The molecule has 0 saturated heterocycles. The van der Waals surface area contributed by atoms with Crippen LogP contribution in [0.25, 0.3) is 27.6 Å². The van der Waals surface area contributed by atoms with Crippen molar-refractivity contribution in [1.29, 1.82) is 0 Å². The molecule has 5 nitrogen and oxygen atoms in total. The summed E-state index contributed by atoms with van der Waals surface area (Å²) in [4.78, 5) is 10.1. The van der Waals surface area contributed by atoms with Crippen molar-refractivity contribution < 1.29 is 26.0 Å². The zero-order valence-corrected chi connectivity index (χ0v) is 34.9. The Morgan fingerprint density at radius 2 is 1.27 bits per heavy atom. The molecule has 6 aromatic carbocycles. The van der Waals surface area contributed by atoms with Gasteiger partial charge in [-0.2, -0.15) is 51.7 Å². The summed E-state index contributed by atoms with van der Waals surface area (Å²) in [5.41, 5.74) is 6.40. The summed E-state index contributed by atoms with van der Waals surface area (Å²) in [6, 6.07) is 63.0. The molecule has 9 rings (SSSR count). The van der Waals surface area contributed by atoms with E-state index in [2.05, 4.69) is 208 Å². The standard InChI is InChI=1S/C48H42N4OSi.Pt/c1-34(2)51-44-25-14-15-26-45(44)52(53-51)36-17-16-22-39(32-36)54(37-18-8-6-9-19-37,38-20-10-7-11-21-38)40-27-28-42-41-23-12-13-24-43(41)50(46(42)33-40)47-31-35(29-30-49-47)48(3,4)5;/h6-31,34H,1-5H3;/q-2;/p+1.